The number of aliphatic hydroxyl groups is 1. The molecule has 14 heavy (non-hydrogen) atoms. The van der Waals surface area contributed by atoms with Crippen LogP contribution in [-0.2, 0) is 10.0 Å². The lowest BCUT2D eigenvalue weighted by Crippen LogP contribution is -2.26. The number of aryl methyl sites for hydroxylation is 1. The number of halogens is 1. The molecule has 0 aliphatic carbocycles. The average molecular weight is 300 g/mol. The second kappa shape index (κ2) is 4.71. The molecule has 0 spiro atoms. The highest BCUT2D eigenvalue weighted by Crippen LogP contribution is 2.29. The van der Waals surface area contributed by atoms with Gasteiger partial charge in [-0.3, -0.25) is 0 Å². The van der Waals surface area contributed by atoms with Gasteiger partial charge in [0.1, 0.15) is 0 Å². The Morgan fingerprint density at radius 3 is 2.71 bits per heavy atom. The fourth-order valence-corrected chi connectivity index (χ4v) is 4.39. The van der Waals surface area contributed by atoms with Crippen molar-refractivity contribution in [3.63, 3.8) is 0 Å². The van der Waals surface area contributed by atoms with Crippen LogP contribution in [0.2, 0.25) is 0 Å². The molecule has 7 heteroatoms. The Balaban J connectivity index is 2.98. The normalized spacial score (nSPS) is 11.9. The molecule has 0 atom stereocenters. The minimum absolute atomic E-state index is 0.0369. The van der Waals surface area contributed by atoms with Crippen LogP contribution in [0.15, 0.2) is 14.7 Å². The van der Waals surface area contributed by atoms with E-state index in [1.54, 1.807) is 13.0 Å². The lowest BCUT2D eigenvalue weighted by atomic mass is 10.5. The zero-order valence-corrected chi connectivity index (χ0v) is 10.7. The fourth-order valence-electron chi connectivity index (χ4n) is 0.955. The van der Waals surface area contributed by atoms with Crippen molar-refractivity contribution in [1.82, 2.24) is 4.72 Å². The zero-order valence-electron chi connectivity index (χ0n) is 7.45. The number of hydrogen-bond donors (Lipinski definition) is 2. The minimum Gasteiger partial charge on any atom is -0.395 e. The monoisotopic (exact) mass is 299 g/mol. The van der Waals surface area contributed by atoms with E-state index in [4.69, 9.17) is 5.11 Å². The number of thiophene rings is 1. The van der Waals surface area contributed by atoms with E-state index in [-0.39, 0.29) is 18.0 Å². The highest BCUT2D eigenvalue weighted by atomic mass is 79.9. The van der Waals surface area contributed by atoms with Gasteiger partial charge in [-0.05, 0) is 28.9 Å². The van der Waals surface area contributed by atoms with Gasteiger partial charge in [0.25, 0.3) is 0 Å². The third-order valence-corrected chi connectivity index (χ3v) is 4.81. The summed E-state index contributed by atoms with van der Waals surface area (Å²) in [5.74, 6) is 0. The molecule has 0 saturated carbocycles. The SMILES string of the molecule is Cc1sc(Br)cc1S(=O)(=O)NCCO. The summed E-state index contributed by atoms with van der Waals surface area (Å²) in [4.78, 5) is 0.991. The van der Waals surface area contributed by atoms with Gasteiger partial charge in [0.05, 0.1) is 15.3 Å². The molecule has 80 valence electrons. The lowest BCUT2D eigenvalue weighted by molar-refractivity contribution is 0.301. The summed E-state index contributed by atoms with van der Waals surface area (Å²) in [5.41, 5.74) is 0. The quantitative estimate of drug-likeness (QED) is 0.875. The van der Waals surface area contributed by atoms with E-state index >= 15 is 0 Å². The molecule has 0 amide bonds. The zero-order chi connectivity index (χ0) is 10.8. The van der Waals surface area contributed by atoms with Gasteiger partial charge >= 0.3 is 0 Å². The highest BCUT2D eigenvalue weighted by molar-refractivity contribution is 9.11. The molecular formula is C7H10BrNO3S2. The van der Waals surface area contributed by atoms with Gasteiger partial charge in [-0.25, -0.2) is 13.1 Å². The van der Waals surface area contributed by atoms with Crippen LogP contribution < -0.4 is 4.72 Å². The molecule has 0 fully saturated rings. The molecule has 0 unspecified atom stereocenters. The summed E-state index contributed by atoms with van der Waals surface area (Å²) in [7, 11) is -3.46. The van der Waals surface area contributed by atoms with Gasteiger partial charge in [0.15, 0.2) is 0 Å². The Kier molecular flexibility index (Phi) is 4.08. The van der Waals surface area contributed by atoms with Crippen molar-refractivity contribution in [2.75, 3.05) is 13.2 Å². The first-order valence-corrected chi connectivity index (χ1v) is 6.93. The largest absolute Gasteiger partial charge is 0.395 e. The molecule has 0 saturated heterocycles. The van der Waals surface area contributed by atoms with Gasteiger partial charge in [-0.1, -0.05) is 0 Å². The van der Waals surface area contributed by atoms with Crippen molar-refractivity contribution < 1.29 is 13.5 Å². The summed E-state index contributed by atoms with van der Waals surface area (Å²) in [6.45, 7) is 1.57. The Bertz CT molecular complexity index is 413. The Labute approximate surface area is 95.1 Å². The van der Waals surface area contributed by atoms with Gasteiger partial charge < -0.3 is 5.11 Å². The lowest BCUT2D eigenvalue weighted by Gasteiger charge is -2.03. The molecule has 1 aromatic rings. The minimum atomic E-state index is -3.46. The van der Waals surface area contributed by atoms with Gasteiger partial charge in [-0.15, -0.1) is 11.3 Å². The maximum absolute atomic E-state index is 11.6. The van der Waals surface area contributed by atoms with Crippen LogP contribution in [0.4, 0.5) is 0 Å². The predicted octanol–water partition coefficient (Wildman–Crippen LogP) is 1.09. The molecule has 0 radical (unpaired) electrons. The van der Waals surface area contributed by atoms with E-state index in [0.29, 0.717) is 0 Å². The molecule has 0 aromatic carbocycles. The van der Waals surface area contributed by atoms with E-state index in [2.05, 4.69) is 20.7 Å². The van der Waals surface area contributed by atoms with Gasteiger partial charge in [-0.2, -0.15) is 0 Å². The molecule has 1 heterocycles. The molecule has 0 aliphatic rings. The topological polar surface area (TPSA) is 66.4 Å². The first-order valence-electron chi connectivity index (χ1n) is 3.84. The number of nitrogens with one attached hydrogen (secondary N) is 1. The average Bonchev–Trinajstić information content (AvgIpc) is 2.42. The second-order valence-electron chi connectivity index (χ2n) is 2.59. The van der Waals surface area contributed by atoms with E-state index in [9.17, 15) is 8.42 Å². The molecule has 4 nitrogen and oxygen atoms in total. The summed E-state index contributed by atoms with van der Waals surface area (Å²) < 4.78 is 26.2. The Morgan fingerprint density at radius 2 is 2.29 bits per heavy atom. The van der Waals surface area contributed by atoms with Crippen molar-refractivity contribution in [3.05, 3.63) is 14.7 Å². The molecular weight excluding hydrogens is 290 g/mol. The maximum Gasteiger partial charge on any atom is 0.241 e. The van der Waals surface area contributed by atoms with Crippen LogP contribution in [-0.4, -0.2) is 26.7 Å². The van der Waals surface area contributed by atoms with Crippen molar-refractivity contribution in [2.45, 2.75) is 11.8 Å². The van der Waals surface area contributed by atoms with Gasteiger partial charge in [0.2, 0.25) is 10.0 Å². The second-order valence-corrected chi connectivity index (χ2v) is 6.96. The summed E-state index contributed by atoms with van der Waals surface area (Å²) in [6, 6.07) is 1.56. The predicted molar refractivity (Wildman–Crippen MR) is 59.0 cm³/mol. The molecule has 2 N–H and O–H groups in total. The molecule has 1 aromatic heterocycles. The fraction of sp³-hybridized carbons (Fsp3) is 0.429. The smallest absolute Gasteiger partial charge is 0.241 e. The van der Waals surface area contributed by atoms with E-state index in [0.717, 1.165) is 8.66 Å². The van der Waals surface area contributed by atoms with Crippen LogP contribution in [0.1, 0.15) is 4.88 Å². The molecule has 0 bridgehead atoms. The van der Waals surface area contributed by atoms with E-state index in [1.165, 1.54) is 11.3 Å². The van der Waals surface area contributed by atoms with Crippen LogP contribution in [0.5, 0.6) is 0 Å². The first kappa shape index (κ1) is 12.1. The first-order chi connectivity index (χ1) is 6.47. The van der Waals surface area contributed by atoms with E-state index in [1.807, 2.05) is 0 Å². The van der Waals surface area contributed by atoms with Crippen molar-refractivity contribution in [1.29, 1.82) is 0 Å². The van der Waals surface area contributed by atoms with Crippen LogP contribution >= 0.6 is 27.3 Å². The number of hydrogen-bond acceptors (Lipinski definition) is 4. The third kappa shape index (κ3) is 2.77. The summed E-state index contributed by atoms with van der Waals surface area (Å²) in [5, 5.41) is 8.52. The number of rotatable bonds is 4. The summed E-state index contributed by atoms with van der Waals surface area (Å²) >= 11 is 4.59. The summed E-state index contributed by atoms with van der Waals surface area (Å²) in [6.07, 6.45) is 0. The molecule has 0 aliphatic heterocycles. The maximum atomic E-state index is 11.6. The Morgan fingerprint density at radius 1 is 1.64 bits per heavy atom. The molecule has 1 rings (SSSR count). The Hall–Kier alpha value is 0.0500. The number of aliphatic hydroxyl groups excluding tert-OH is 1. The van der Waals surface area contributed by atoms with Crippen LogP contribution in [0.3, 0.4) is 0 Å². The van der Waals surface area contributed by atoms with Crippen molar-refractivity contribution in [2.24, 2.45) is 0 Å². The van der Waals surface area contributed by atoms with Gasteiger partial charge in [0, 0.05) is 11.4 Å². The van der Waals surface area contributed by atoms with Crippen molar-refractivity contribution in [3.8, 4) is 0 Å². The van der Waals surface area contributed by atoms with Crippen LogP contribution in [0.25, 0.3) is 0 Å². The number of sulfonamides is 1. The van der Waals surface area contributed by atoms with Crippen LogP contribution in [0, 0.1) is 6.92 Å². The highest BCUT2D eigenvalue weighted by Gasteiger charge is 2.18. The third-order valence-electron chi connectivity index (χ3n) is 1.54. The van der Waals surface area contributed by atoms with Crippen molar-refractivity contribution >= 4 is 37.3 Å². The van der Waals surface area contributed by atoms with E-state index < -0.39 is 10.0 Å². The standard InChI is InChI=1S/C7H10BrNO3S2/c1-5-6(4-7(8)13-5)14(11,12)9-2-3-10/h4,9-10H,2-3H2,1H3.